The van der Waals surface area contributed by atoms with E-state index in [0.717, 1.165) is 11.1 Å². The van der Waals surface area contributed by atoms with Crippen LogP contribution in [-0.4, -0.2) is 43.2 Å². The molecule has 0 saturated carbocycles. The van der Waals surface area contributed by atoms with Crippen LogP contribution in [0.15, 0.2) is 36.7 Å². The second-order valence-corrected chi connectivity index (χ2v) is 7.99. The van der Waals surface area contributed by atoms with Gasteiger partial charge in [0.15, 0.2) is 11.6 Å². The number of alkyl halides is 2. The van der Waals surface area contributed by atoms with Crippen LogP contribution in [0.1, 0.15) is 28.9 Å². The van der Waals surface area contributed by atoms with Gasteiger partial charge in [-0.05, 0) is 20.8 Å². The second kappa shape index (κ2) is 10.4. The molecule has 4 rings (SSSR count). The molecular weight excluding hydrogens is 480 g/mol. The standard InChI is InChI=1S/C23H24ClF2N7O2/c1-13-20(16-5-7-17(8-6-16)22(25)26)31-32(9-10-34-4)23(13)29-18-11-19(28-12-27-18)33-15(3)21(35-24)14(2)30-33/h5-8,11-12,22H,9-10H2,1-4H3,(H,27,28,29). The molecule has 3 heterocycles. The Hall–Kier alpha value is -3.57. The lowest BCUT2D eigenvalue weighted by Crippen LogP contribution is -2.10. The predicted molar refractivity (Wildman–Crippen MR) is 128 cm³/mol. The first-order valence-electron chi connectivity index (χ1n) is 10.7. The van der Waals surface area contributed by atoms with Gasteiger partial charge in [-0.3, -0.25) is 0 Å². The molecule has 3 aromatic heterocycles. The van der Waals surface area contributed by atoms with E-state index in [2.05, 4.69) is 20.4 Å². The minimum Gasteiger partial charge on any atom is -0.383 e. The van der Waals surface area contributed by atoms with Gasteiger partial charge in [0.25, 0.3) is 6.43 Å². The van der Waals surface area contributed by atoms with Crippen LogP contribution in [0.3, 0.4) is 0 Å². The van der Waals surface area contributed by atoms with Gasteiger partial charge in [-0.25, -0.2) is 28.1 Å². The molecule has 0 aliphatic carbocycles. The Morgan fingerprint density at radius 1 is 1.09 bits per heavy atom. The first-order valence-corrected chi connectivity index (χ1v) is 11.0. The van der Waals surface area contributed by atoms with Gasteiger partial charge in [0.05, 0.1) is 24.5 Å². The van der Waals surface area contributed by atoms with E-state index in [1.807, 2.05) is 13.8 Å². The summed E-state index contributed by atoms with van der Waals surface area (Å²) in [5, 5.41) is 12.5. The number of methoxy groups -OCH3 is 1. The van der Waals surface area contributed by atoms with Gasteiger partial charge in [-0.1, -0.05) is 24.3 Å². The lowest BCUT2D eigenvalue weighted by molar-refractivity contribution is 0.151. The van der Waals surface area contributed by atoms with E-state index in [0.29, 0.717) is 53.4 Å². The first kappa shape index (κ1) is 24.6. The van der Waals surface area contributed by atoms with Gasteiger partial charge in [-0.2, -0.15) is 10.2 Å². The average Bonchev–Trinajstić information content (AvgIpc) is 3.32. The van der Waals surface area contributed by atoms with Crippen LogP contribution >= 0.6 is 11.9 Å². The Morgan fingerprint density at radius 2 is 1.83 bits per heavy atom. The fraction of sp³-hybridized carbons (Fsp3) is 0.304. The van der Waals surface area contributed by atoms with Crippen LogP contribution in [0.25, 0.3) is 17.1 Å². The van der Waals surface area contributed by atoms with Crippen LogP contribution in [-0.2, 0) is 11.3 Å². The van der Waals surface area contributed by atoms with Crippen molar-refractivity contribution in [3.8, 4) is 22.8 Å². The zero-order valence-electron chi connectivity index (χ0n) is 19.6. The molecule has 1 aromatic carbocycles. The summed E-state index contributed by atoms with van der Waals surface area (Å²) >= 11 is 5.57. The SMILES string of the molecule is COCCn1nc(-c2ccc(C(F)F)cc2)c(C)c1Nc1cc(-n2nc(C)c(OCl)c2C)ncn1. The monoisotopic (exact) mass is 503 g/mol. The molecule has 0 atom stereocenters. The molecule has 0 spiro atoms. The first-order chi connectivity index (χ1) is 16.8. The molecule has 0 radical (unpaired) electrons. The quantitative estimate of drug-likeness (QED) is 0.331. The molecule has 0 bridgehead atoms. The Morgan fingerprint density at radius 3 is 2.46 bits per heavy atom. The van der Waals surface area contributed by atoms with Gasteiger partial charge in [0.2, 0.25) is 0 Å². The highest BCUT2D eigenvalue weighted by Crippen LogP contribution is 2.32. The average molecular weight is 504 g/mol. The summed E-state index contributed by atoms with van der Waals surface area (Å²) in [4.78, 5) is 8.66. The molecule has 9 nitrogen and oxygen atoms in total. The topological polar surface area (TPSA) is 91.9 Å². The normalized spacial score (nSPS) is 11.3. The Kier molecular flexibility index (Phi) is 7.27. The fourth-order valence-corrected chi connectivity index (χ4v) is 3.95. The van der Waals surface area contributed by atoms with Crippen LogP contribution < -0.4 is 9.61 Å². The molecule has 0 fully saturated rings. The number of hydrogen-bond acceptors (Lipinski definition) is 7. The number of aromatic nitrogens is 6. The van der Waals surface area contributed by atoms with Crippen molar-refractivity contribution in [2.75, 3.05) is 19.0 Å². The van der Waals surface area contributed by atoms with E-state index < -0.39 is 6.43 Å². The summed E-state index contributed by atoms with van der Waals surface area (Å²) in [5.74, 6) is 2.19. The zero-order valence-corrected chi connectivity index (χ0v) is 20.3. The maximum absolute atomic E-state index is 13.0. The largest absolute Gasteiger partial charge is 0.383 e. The molecule has 0 unspecified atom stereocenters. The van der Waals surface area contributed by atoms with Crippen LogP contribution in [0.2, 0.25) is 0 Å². The van der Waals surface area contributed by atoms with Crippen molar-refractivity contribution in [3.63, 3.8) is 0 Å². The van der Waals surface area contributed by atoms with Gasteiger partial charge >= 0.3 is 0 Å². The van der Waals surface area contributed by atoms with E-state index >= 15 is 0 Å². The molecule has 0 aliphatic heterocycles. The molecule has 184 valence electrons. The number of halogens is 3. The number of nitrogens with zero attached hydrogens (tertiary/aromatic N) is 6. The van der Waals surface area contributed by atoms with Gasteiger partial charge < -0.3 is 14.3 Å². The minimum absolute atomic E-state index is 0.0380. The third kappa shape index (κ3) is 4.96. The van der Waals surface area contributed by atoms with Crippen molar-refractivity contribution in [3.05, 3.63) is 59.2 Å². The molecule has 1 N–H and O–H groups in total. The van der Waals surface area contributed by atoms with Gasteiger partial charge in [0.1, 0.15) is 35.5 Å². The number of anilines is 2. The Bertz CT molecular complexity index is 1320. The number of nitrogens with one attached hydrogen (secondary N) is 1. The number of hydrogen-bond donors (Lipinski definition) is 1. The highest BCUT2D eigenvalue weighted by Gasteiger charge is 2.19. The summed E-state index contributed by atoms with van der Waals surface area (Å²) in [6.45, 7) is 6.42. The summed E-state index contributed by atoms with van der Waals surface area (Å²) in [6, 6.07) is 7.84. The molecule has 0 amide bonds. The Balaban J connectivity index is 1.70. The van der Waals surface area contributed by atoms with Crippen molar-refractivity contribution in [2.24, 2.45) is 0 Å². The molecule has 0 saturated heterocycles. The summed E-state index contributed by atoms with van der Waals surface area (Å²) < 4.78 is 39.5. The predicted octanol–water partition coefficient (Wildman–Crippen LogP) is 5.31. The smallest absolute Gasteiger partial charge is 0.263 e. The Labute approximate surface area is 205 Å². The molecule has 12 heteroatoms. The van der Waals surface area contributed by atoms with E-state index in [-0.39, 0.29) is 5.56 Å². The van der Waals surface area contributed by atoms with Crippen molar-refractivity contribution in [1.82, 2.24) is 29.5 Å². The number of aryl methyl sites for hydroxylation is 1. The highest BCUT2D eigenvalue weighted by molar-refractivity contribution is 6.09. The van der Waals surface area contributed by atoms with Crippen LogP contribution in [0.5, 0.6) is 5.75 Å². The van der Waals surface area contributed by atoms with E-state index in [1.165, 1.54) is 18.5 Å². The zero-order chi connectivity index (χ0) is 25.1. The molecular formula is C23H24ClF2N7O2. The molecule has 4 aromatic rings. The third-order valence-electron chi connectivity index (χ3n) is 5.55. The number of rotatable bonds is 9. The van der Waals surface area contributed by atoms with Gasteiger partial charge in [0, 0.05) is 29.9 Å². The third-order valence-corrected chi connectivity index (χ3v) is 5.71. The summed E-state index contributed by atoms with van der Waals surface area (Å²) in [7, 11) is 1.61. The van der Waals surface area contributed by atoms with E-state index in [1.54, 1.807) is 41.6 Å². The second-order valence-electron chi connectivity index (χ2n) is 7.84. The van der Waals surface area contributed by atoms with Crippen molar-refractivity contribution >= 4 is 23.5 Å². The van der Waals surface area contributed by atoms with Crippen molar-refractivity contribution in [2.45, 2.75) is 33.7 Å². The summed E-state index contributed by atoms with van der Waals surface area (Å²) in [6.07, 6.45) is -1.10. The van der Waals surface area contributed by atoms with E-state index in [9.17, 15) is 8.78 Å². The van der Waals surface area contributed by atoms with Crippen molar-refractivity contribution < 1.29 is 17.8 Å². The van der Waals surface area contributed by atoms with Gasteiger partial charge in [-0.15, -0.1) is 0 Å². The van der Waals surface area contributed by atoms with Crippen LogP contribution in [0, 0.1) is 20.8 Å². The van der Waals surface area contributed by atoms with Crippen LogP contribution in [0.4, 0.5) is 20.4 Å². The summed E-state index contributed by atoms with van der Waals surface area (Å²) in [5.41, 5.74) is 3.51. The number of benzene rings is 1. The molecule has 0 aliphatic rings. The lowest BCUT2D eigenvalue weighted by Gasteiger charge is -2.11. The maximum atomic E-state index is 13.0. The lowest BCUT2D eigenvalue weighted by atomic mass is 10.1. The van der Waals surface area contributed by atoms with Crippen molar-refractivity contribution in [1.29, 1.82) is 0 Å². The molecule has 35 heavy (non-hydrogen) atoms. The number of ether oxygens (including phenoxy) is 1. The fourth-order valence-electron chi connectivity index (χ4n) is 3.73. The minimum atomic E-state index is -2.53. The highest BCUT2D eigenvalue weighted by atomic mass is 35.5. The van der Waals surface area contributed by atoms with E-state index in [4.69, 9.17) is 26.0 Å². The maximum Gasteiger partial charge on any atom is 0.263 e.